The van der Waals surface area contributed by atoms with E-state index in [9.17, 15) is 4.79 Å². The molecule has 7 nitrogen and oxygen atoms in total. The summed E-state index contributed by atoms with van der Waals surface area (Å²) in [5.41, 5.74) is 3.18. The van der Waals surface area contributed by atoms with E-state index in [1.807, 2.05) is 83.5 Å². The van der Waals surface area contributed by atoms with Gasteiger partial charge in [-0.2, -0.15) is 4.98 Å². The highest BCUT2D eigenvalue weighted by Gasteiger charge is 2.32. The molecule has 8 heteroatoms. The number of hydrogen-bond donors (Lipinski definition) is 2. The third-order valence-electron chi connectivity index (χ3n) is 6.21. The number of carbonyl (C=O) groups excluding carboxylic acids is 1. The van der Waals surface area contributed by atoms with E-state index in [0.717, 1.165) is 22.4 Å². The number of rotatable bonds is 7. The van der Waals surface area contributed by atoms with Gasteiger partial charge in [0, 0.05) is 11.4 Å². The molecule has 1 aliphatic rings. The maximum atomic E-state index is 12.6. The van der Waals surface area contributed by atoms with E-state index >= 15 is 0 Å². The molecule has 2 atom stereocenters. The van der Waals surface area contributed by atoms with Crippen LogP contribution in [0.5, 0.6) is 5.75 Å². The summed E-state index contributed by atoms with van der Waals surface area (Å²) in [5, 5.41) is 11.6. The van der Waals surface area contributed by atoms with Crippen LogP contribution in [-0.4, -0.2) is 27.8 Å². The van der Waals surface area contributed by atoms with E-state index in [1.54, 1.807) is 7.11 Å². The van der Waals surface area contributed by atoms with Crippen LogP contribution in [-0.2, 0) is 11.2 Å². The van der Waals surface area contributed by atoms with Crippen molar-refractivity contribution in [1.82, 2.24) is 14.8 Å². The molecule has 1 aromatic heterocycles. The maximum Gasteiger partial charge on any atom is 0.250 e. The first-order valence-electron chi connectivity index (χ1n) is 11.6. The minimum absolute atomic E-state index is 0.0134. The zero-order chi connectivity index (χ0) is 24.2. The molecule has 2 heterocycles. The van der Waals surface area contributed by atoms with Crippen molar-refractivity contribution in [2.24, 2.45) is 0 Å². The predicted molar refractivity (Wildman–Crippen MR) is 137 cm³/mol. The zero-order valence-corrected chi connectivity index (χ0v) is 20.1. The third kappa shape index (κ3) is 5.15. The van der Waals surface area contributed by atoms with Gasteiger partial charge in [-0.3, -0.25) is 10.1 Å². The normalized spacial score (nSPS) is 16.7. The lowest BCUT2D eigenvalue weighted by molar-refractivity contribution is -0.116. The van der Waals surface area contributed by atoms with Crippen LogP contribution >= 0.6 is 11.6 Å². The van der Waals surface area contributed by atoms with E-state index in [-0.39, 0.29) is 23.9 Å². The average molecular weight is 488 g/mol. The molecule has 0 spiro atoms. The quantitative estimate of drug-likeness (QED) is 0.351. The van der Waals surface area contributed by atoms with Crippen LogP contribution in [0.2, 0.25) is 5.02 Å². The summed E-state index contributed by atoms with van der Waals surface area (Å²) < 4.78 is 7.12. The van der Waals surface area contributed by atoms with Gasteiger partial charge in [-0.05, 0) is 47.7 Å². The van der Waals surface area contributed by atoms with Crippen molar-refractivity contribution in [3.05, 3.63) is 101 Å². The second-order valence-electron chi connectivity index (χ2n) is 8.48. The Kier molecular flexibility index (Phi) is 6.68. The van der Waals surface area contributed by atoms with Gasteiger partial charge < -0.3 is 10.1 Å². The van der Waals surface area contributed by atoms with Crippen LogP contribution in [0.25, 0.3) is 0 Å². The fraction of sp³-hybridized carbons (Fsp3) is 0.222. The number of aryl methyl sites for hydroxylation is 1. The van der Waals surface area contributed by atoms with Crippen LogP contribution in [0.15, 0.2) is 78.9 Å². The number of halogens is 1. The smallest absolute Gasteiger partial charge is 0.250 e. The molecule has 0 saturated heterocycles. The number of benzene rings is 3. The summed E-state index contributed by atoms with van der Waals surface area (Å²) in [6, 6.07) is 25.5. The van der Waals surface area contributed by atoms with Crippen molar-refractivity contribution in [2.45, 2.75) is 31.3 Å². The number of methoxy groups -OCH3 is 1. The monoisotopic (exact) mass is 487 g/mol. The SMILES string of the molecule is COc1ccc([C@H]2C[C@@H](c3ccccc3Cl)n3nc(NC(=O)CCc4ccccc4)nc3N2)cc1. The molecule has 0 aliphatic carbocycles. The molecule has 4 aromatic rings. The van der Waals surface area contributed by atoms with Gasteiger partial charge >= 0.3 is 0 Å². The number of ether oxygens (including phenoxy) is 1. The van der Waals surface area contributed by atoms with Gasteiger partial charge in [0.25, 0.3) is 5.95 Å². The molecule has 0 bridgehead atoms. The largest absolute Gasteiger partial charge is 0.497 e. The van der Waals surface area contributed by atoms with Crippen molar-refractivity contribution in [2.75, 3.05) is 17.7 Å². The molecule has 1 aliphatic heterocycles. The Bertz CT molecular complexity index is 1310. The lowest BCUT2D eigenvalue weighted by Crippen LogP contribution is -2.28. The first-order chi connectivity index (χ1) is 17.1. The first-order valence-corrected chi connectivity index (χ1v) is 11.9. The molecule has 2 N–H and O–H groups in total. The Morgan fingerprint density at radius 1 is 1.09 bits per heavy atom. The van der Waals surface area contributed by atoms with Gasteiger partial charge in [0.05, 0.1) is 19.2 Å². The Morgan fingerprint density at radius 3 is 2.57 bits per heavy atom. The molecule has 0 unspecified atom stereocenters. The van der Waals surface area contributed by atoms with Gasteiger partial charge in [-0.1, -0.05) is 72.3 Å². The molecule has 0 radical (unpaired) electrons. The van der Waals surface area contributed by atoms with E-state index in [4.69, 9.17) is 16.3 Å². The lowest BCUT2D eigenvalue weighted by atomic mass is 9.93. The Balaban J connectivity index is 1.39. The summed E-state index contributed by atoms with van der Waals surface area (Å²) in [6.07, 6.45) is 1.72. The van der Waals surface area contributed by atoms with Gasteiger partial charge in [-0.25, -0.2) is 4.68 Å². The van der Waals surface area contributed by atoms with Crippen LogP contribution in [0, 0.1) is 0 Å². The number of aromatic nitrogens is 3. The molecule has 5 rings (SSSR count). The molecule has 3 aromatic carbocycles. The predicted octanol–water partition coefficient (Wildman–Crippen LogP) is 5.66. The zero-order valence-electron chi connectivity index (χ0n) is 19.3. The fourth-order valence-corrected chi connectivity index (χ4v) is 4.64. The van der Waals surface area contributed by atoms with Crippen LogP contribution in [0.4, 0.5) is 11.9 Å². The van der Waals surface area contributed by atoms with E-state index < -0.39 is 0 Å². The summed E-state index contributed by atoms with van der Waals surface area (Å²) in [5.74, 6) is 1.53. The first kappa shape index (κ1) is 22.9. The summed E-state index contributed by atoms with van der Waals surface area (Å²) >= 11 is 6.58. The molecule has 0 fully saturated rings. The van der Waals surface area contributed by atoms with E-state index in [0.29, 0.717) is 30.2 Å². The number of fused-ring (bicyclic) bond motifs is 1. The van der Waals surface area contributed by atoms with E-state index in [1.165, 1.54) is 0 Å². The van der Waals surface area contributed by atoms with Crippen LogP contribution in [0.3, 0.4) is 0 Å². The minimum atomic E-state index is -0.144. The van der Waals surface area contributed by atoms with Crippen molar-refractivity contribution in [1.29, 1.82) is 0 Å². The van der Waals surface area contributed by atoms with Crippen molar-refractivity contribution in [3.8, 4) is 5.75 Å². The molecule has 35 heavy (non-hydrogen) atoms. The fourth-order valence-electron chi connectivity index (χ4n) is 4.38. The van der Waals surface area contributed by atoms with Crippen LogP contribution in [0.1, 0.15) is 41.6 Å². The minimum Gasteiger partial charge on any atom is -0.497 e. The van der Waals surface area contributed by atoms with Gasteiger partial charge in [-0.15, -0.1) is 5.10 Å². The van der Waals surface area contributed by atoms with Crippen LogP contribution < -0.4 is 15.4 Å². The Morgan fingerprint density at radius 2 is 1.83 bits per heavy atom. The van der Waals surface area contributed by atoms with Gasteiger partial charge in [0.1, 0.15) is 5.75 Å². The number of nitrogens with one attached hydrogen (secondary N) is 2. The van der Waals surface area contributed by atoms with Crippen molar-refractivity contribution < 1.29 is 9.53 Å². The van der Waals surface area contributed by atoms with Gasteiger partial charge in [0.2, 0.25) is 11.9 Å². The molecule has 0 saturated carbocycles. The number of anilines is 2. The standard InChI is InChI=1S/C27H26ClN5O2/c1-35-20-14-12-19(13-15-20)23-17-24(21-9-5-6-10-22(21)28)33-27(29-23)31-26(32-33)30-25(34)16-11-18-7-3-2-4-8-18/h2-10,12-15,23-24H,11,16-17H2,1H3,(H2,29,30,31,32,34)/t23-,24+/m1/s1. The number of hydrogen-bond acceptors (Lipinski definition) is 5. The summed E-state index contributed by atoms with van der Waals surface area (Å²) in [6.45, 7) is 0. The lowest BCUT2D eigenvalue weighted by Gasteiger charge is -2.32. The van der Waals surface area contributed by atoms with E-state index in [2.05, 4.69) is 20.7 Å². The number of nitrogens with zero attached hydrogens (tertiary/aromatic N) is 3. The molecule has 178 valence electrons. The molecule has 1 amide bonds. The number of amides is 1. The maximum absolute atomic E-state index is 12.6. The Labute approximate surface area is 209 Å². The second-order valence-corrected chi connectivity index (χ2v) is 8.89. The molecular formula is C27H26ClN5O2. The van der Waals surface area contributed by atoms with Crippen molar-refractivity contribution >= 4 is 29.4 Å². The third-order valence-corrected chi connectivity index (χ3v) is 6.55. The summed E-state index contributed by atoms with van der Waals surface area (Å²) in [4.78, 5) is 17.2. The Hall–Kier alpha value is -3.84. The highest BCUT2D eigenvalue weighted by atomic mass is 35.5. The summed E-state index contributed by atoms with van der Waals surface area (Å²) in [7, 11) is 1.65. The number of carbonyl (C=O) groups is 1. The molecular weight excluding hydrogens is 462 g/mol. The topological polar surface area (TPSA) is 81.1 Å². The van der Waals surface area contributed by atoms with Gasteiger partial charge in [0.15, 0.2) is 0 Å². The average Bonchev–Trinajstić information content (AvgIpc) is 3.30. The van der Waals surface area contributed by atoms with Crippen molar-refractivity contribution in [3.63, 3.8) is 0 Å². The second kappa shape index (κ2) is 10.2. The highest BCUT2D eigenvalue weighted by molar-refractivity contribution is 6.31. The highest BCUT2D eigenvalue weighted by Crippen LogP contribution is 2.40.